The molecule has 2 amide bonds. The summed E-state index contributed by atoms with van der Waals surface area (Å²) in [5, 5.41) is 2.92. The number of hydrogen-bond acceptors (Lipinski definition) is 2. The van der Waals surface area contributed by atoms with Gasteiger partial charge in [0.1, 0.15) is 11.9 Å². The fourth-order valence-corrected chi connectivity index (χ4v) is 3.16. The Morgan fingerprint density at radius 3 is 2.68 bits per heavy atom. The number of nitrogens with zero attached hydrogens (tertiary/aromatic N) is 1. The van der Waals surface area contributed by atoms with Crippen molar-refractivity contribution in [2.24, 2.45) is 0 Å². The Hall–Kier alpha value is -2.69. The molecule has 2 aromatic rings. The lowest BCUT2D eigenvalue weighted by atomic mass is 10.1. The van der Waals surface area contributed by atoms with Crippen LogP contribution >= 0.6 is 0 Å². The standard InChI is InChI=1S/C20H21FN2O2/c1-13-9-10-14(2)17(12-13)22-19(24)18-8-5-11-23(18)20(25)15-6-3-4-7-16(15)21/h3-4,6-7,9-10,12,18H,5,8,11H2,1-2H3,(H,22,24)/t18-/m0/s1. The minimum absolute atomic E-state index is 0.00827. The Bertz CT molecular complexity index is 819. The van der Waals surface area contributed by atoms with Crippen LogP contribution in [0.4, 0.5) is 10.1 Å². The first-order chi connectivity index (χ1) is 12.0. The van der Waals surface area contributed by atoms with Gasteiger partial charge in [-0.3, -0.25) is 9.59 Å². The number of carbonyl (C=O) groups is 2. The van der Waals surface area contributed by atoms with Gasteiger partial charge in [-0.25, -0.2) is 4.39 Å². The van der Waals surface area contributed by atoms with Gasteiger partial charge >= 0.3 is 0 Å². The SMILES string of the molecule is Cc1ccc(C)c(NC(=O)[C@@H]2CCCN2C(=O)c2ccccc2F)c1. The minimum atomic E-state index is -0.577. The van der Waals surface area contributed by atoms with Gasteiger partial charge in [0, 0.05) is 12.2 Å². The summed E-state index contributed by atoms with van der Waals surface area (Å²) in [6.45, 7) is 4.34. The first-order valence-corrected chi connectivity index (χ1v) is 8.41. The summed E-state index contributed by atoms with van der Waals surface area (Å²) in [4.78, 5) is 26.8. The number of rotatable bonds is 3. The number of aryl methyl sites for hydroxylation is 2. The fraction of sp³-hybridized carbons (Fsp3) is 0.300. The highest BCUT2D eigenvalue weighted by molar-refractivity contribution is 6.02. The quantitative estimate of drug-likeness (QED) is 0.926. The molecule has 0 unspecified atom stereocenters. The third kappa shape index (κ3) is 3.55. The second-order valence-electron chi connectivity index (χ2n) is 6.44. The van der Waals surface area contributed by atoms with Gasteiger partial charge in [-0.05, 0) is 56.0 Å². The number of nitrogens with one attached hydrogen (secondary N) is 1. The van der Waals surface area contributed by atoms with E-state index in [2.05, 4.69) is 5.32 Å². The number of carbonyl (C=O) groups excluding carboxylic acids is 2. The molecular formula is C20H21FN2O2. The van der Waals surface area contributed by atoms with E-state index in [1.165, 1.54) is 17.0 Å². The largest absolute Gasteiger partial charge is 0.327 e. The zero-order valence-electron chi connectivity index (χ0n) is 14.4. The Morgan fingerprint density at radius 1 is 1.16 bits per heavy atom. The average molecular weight is 340 g/mol. The molecule has 0 spiro atoms. The zero-order chi connectivity index (χ0) is 18.0. The number of anilines is 1. The summed E-state index contributed by atoms with van der Waals surface area (Å²) in [5.74, 6) is -1.22. The molecule has 1 heterocycles. The first-order valence-electron chi connectivity index (χ1n) is 8.41. The van der Waals surface area contributed by atoms with Crippen LogP contribution in [-0.2, 0) is 4.79 Å². The van der Waals surface area contributed by atoms with Crippen molar-refractivity contribution in [1.29, 1.82) is 0 Å². The maximum Gasteiger partial charge on any atom is 0.257 e. The highest BCUT2D eigenvalue weighted by Gasteiger charge is 2.35. The van der Waals surface area contributed by atoms with Gasteiger partial charge in [-0.2, -0.15) is 0 Å². The van der Waals surface area contributed by atoms with E-state index in [1.54, 1.807) is 12.1 Å². The van der Waals surface area contributed by atoms with Gasteiger partial charge in [0.05, 0.1) is 5.56 Å². The topological polar surface area (TPSA) is 49.4 Å². The normalized spacial score (nSPS) is 16.8. The lowest BCUT2D eigenvalue weighted by Crippen LogP contribution is -2.43. The summed E-state index contributed by atoms with van der Waals surface area (Å²) in [7, 11) is 0. The maximum absolute atomic E-state index is 13.9. The summed E-state index contributed by atoms with van der Waals surface area (Å²) in [6.07, 6.45) is 1.31. The zero-order valence-corrected chi connectivity index (χ0v) is 14.4. The van der Waals surface area contributed by atoms with Gasteiger partial charge in [0.2, 0.25) is 5.91 Å². The van der Waals surface area contributed by atoms with E-state index in [0.29, 0.717) is 13.0 Å². The van der Waals surface area contributed by atoms with E-state index < -0.39 is 17.8 Å². The smallest absolute Gasteiger partial charge is 0.257 e. The second-order valence-corrected chi connectivity index (χ2v) is 6.44. The molecule has 1 N–H and O–H groups in total. The van der Waals surface area contributed by atoms with Crippen molar-refractivity contribution in [3.8, 4) is 0 Å². The molecule has 0 bridgehead atoms. The van der Waals surface area contributed by atoms with E-state index in [9.17, 15) is 14.0 Å². The van der Waals surface area contributed by atoms with Crippen molar-refractivity contribution in [1.82, 2.24) is 4.90 Å². The van der Waals surface area contributed by atoms with E-state index in [4.69, 9.17) is 0 Å². The van der Waals surface area contributed by atoms with Gasteiger partial charge in [0.25, 0.3) is 5.91 Å². The highest BCUT2D eigenvalue weighted by Crippen LogP contribution is 2.24. The average Bonchev–Trinajstić information content (AvgIpc) is 3.08. The van der Waals surface area contributed by atoms with Crippen LogP contribution in [0.1, 0.15) is 34.3 Å². The second kappa shape index (κ2) is 7.05. The summed E-state index contributed by atoms with van der Waals surface area (Å²) in [5.41, 5.74) is 2.76. The van der Waals surface area contributed by atoms with Crippen molar-refractivity contribution in [3.05, 3.63) is 65.0 Å². The molecule has 1 fully saturated rings. The van der Waals surface area contributed by atoms with Crippen LogP contribution < -0.4 is 5.32 Å². The summed E-state index contributed by atoms with van der Waals surface area (Å²) >= 11 is 0. The molecule has 25 heavy (non-hydrogen) atoms. The van der Waals surface area contributed by atoms with E-state index in [0.717, 1.165) is 23.2 Å². The monoisotopic (exact) mass is 340 g/mol. The molecule has 1 aliphatic rings. The van der Waals surface area contributed by atoms with Crippen molar-refractivity contribution in [3.63, 3.8) is 0 Å². The fourth-order valence-electron chi connectivity index (χ4n) is 3.16. The van der Waals surface area contributed by atoms with Gasteiger partial charge in [-0.15, -0.1) is 0 Å². The van der Waals surface area contributed by atoms with Crippen LogP contribution in [-0.4, -0.2) is 29.3 Å². The molecular weight excluding hydrogens is 319 g/mol. The lowest BCUT2D eigenvalue weighted by Gasteiger charge is -2.24. The van der Waals surface area contributed by atoms with Crippen LogP contribution in [0.15, 0.2) is 42.5 Å². The molecule has 0 aliphatic carbocycles. The molecule has 4 nitrogen and oxygen atoms in total. The number of likely N-dealkylation sites (tertiary alicyclic amines) is 1. The van der Waals surface area contributed by atoms with Crippen molar-refractivity contribution in [2.45, 2.75) is 32.7 Å². The van der Waals surface area contributed by atoms with Crippen LogP contribution in [0, 0.1) is 19.7 Å². The molecule has 0 aromatic heterocycles. The van der Waals surface area contributed by atoms with Crippen LogP contribution in [0.25, 0.3) is 0 Å². The third-order valence-corrected chi connectivity index (χ3v) is 4.57. The number of benzene rings is 2. The Morgan fingerprint density at radius 2 is 1.92 bits per heavy atom. The lowest BCUT2D eigenvalue weighted by molar-refractivity contribution is -0.119. The Balaban J connectivity index is 1.79. The Kier molecular flexibility index (Phi) is 4.83. The van der Waals surface area contributed by atoms with Crippen molar-refractivity contribution >= 4 is 17.5 Å². The minimum Gasteiger partial charge on any atom is -0.327 e. The van der Waals surface area contributed by atoms with E-state index >= 15 is 0 Å². The summed E-state index contributed by atoms with van der Waals surface area (Å²) in [6, 6.07) is 11.1. The number of halogens is 1. The highest BCUT2D eigenvalue weighted by atomic mass is 19.1. The predicted octanol–water partition coefficient (Wildman–Crippen LogP) is 3.69. The molecule has 0 radical (unpaired) electrons. The van der Waals surface area contributed by atoms with Crippen LogP contribution in [0.5, 0.6) is 0 Å². The molecule has 0 saturated carbocycles. The van der Waals surface area contributed by atoms with E-state index in [-0.39, 0.29) is 11.5 Å². The van der Waals surface area contributed by atoms with Gasteiger partial charge < -0.3 is 10.2 Å². The van der Waals surface area contributed by atoms with E-state index in [1.807, 2.05) is 32.0 Å². The molecule has 5 heteroatoms. The molecule has 1 aliphatic heterocycles. The van der Waals surface area contributed by atoms with Gasteiger partial charge in [-0.1, -0.05) is 24.3 Å². The molecule has 3 rings (SSSR count). The maximum atomic E-state index is 13.9. The molecule has 1 saturated heterocycles. The van der Waals surface area contributed by atoms with Gasteiger partial charge in [0.15, 0.2) is 0 Å². The van der Waals surface area contributed by atoms with Crippen molar-refractivity contribution < 1.29 is 14.0 Å². The summed E-state index contributed by atoms with van der Waals surface area (Å²) < 4.78 is 13.9. The predicted molar refractivity (Wildman–Crippen MR) is 95.0 cm³/mol. The molecule has 130 valence electrons. The molecule has 2 aromatic carbocycles. The van der Waals surface area contributed by atoms with Crippen molar-refractivity contribution in [2.75, 3.05) is 11.9 Å². The van der Waals surface area contributed by atoms with Crippen LogP contribution in [0.2, 0.25) is 0 Å². The number of amides is 2. The molecule has 1 atom stereocenters. The van der Waals surface area contributed by atoms with Crippen LogP contribution in [0.3, 0.4) is 0 Å². The third-order valence-electron chi connectivity index (χ3n) is 4.57. The first kappa shape index (κ1) is 17.1. The Labute approximate surface area is 146 Å². The number of hydrogen-bond donors (Lipinski definition) is 1.